The lowest BCUT2D eigenvalue weighted by Crippen LogP contribution is -2.29. The zero-order valence-electron chi connectivity index (χ0n) is 13.4. The van der Waals surface area contributed by atoms with E-state index in [-0.39, 0.29) is 22.5 Å². The van der Waals surface area contributed by atoms with Crippen molar-refractivity contribution in [2.75, 3.05) is 0 Å². The first kappa shape index (κ1) is 15.2. The first-order chi connectivity index (χ1) is 11.7. The highest BCUT2D eigenvalue weighted by molar-refractivity contribution is 5.88. The van der Waals surface area contributed by atoms with Crippen molar-refractivity contribution in [3.05, 3.63) is 40.6 Å². The molecule has 4 rings (SSSR count). The third kappa shape index (κ3) is 2.32. The van der Waals surface area contributed by atoms with Crippen molar-refractivity contribution in [1.29, 1.82) is 0 Å². The first-order valence-corrected chi connectivity index (χ1v) is 7.49. The summed E-state index contributed by atoms with van der Waals surface area (Å²) in [5.74, 6) is -1.32. The molecule has 7 heteroatoms. The normalized spacial score (nSPS) is 14.8. The van der Waals surface area contributed by atoms with Gasteiger partial charge in [0.1, 0.15) is 22.5 Å². The second kappa shape index (κ2) is 4.83. The van der Waals surface area contributed by atoms with Crippen LogP contribution >= 0.6 is 0 Å². The number of phenolic OH excluding ortho intramolecular Hbond substituents is 2. The van der Waals surface area contributed by atoms with Gasteiger partial charge in [-0.15, -0.1) is 0 Å². The zero-order valence-corrected chi connectivity index (χ0v) is 13.4. The lowest BCUT2D eigenvalue weighted by molar-refractivity contribution is -0.0431. The van der Waals surface area contributed by atoms with Gasteiger partial charge in [0.2, 0.25) is 17.0 Å². The van der Waals surface area contributed by atoms with Gasteiger partial charge in [0, 0.05) is 31.5 Å². The maximum absolute atomic E-state index is 12.4. The van der Waals surface area contributed by atoms with Crippen LogP contribution in [0.5, 0.6) is 28.7 Å². The summed E-state index contributed by atoms with van der Waals surface area (Å²) in [4.78, 5) is 12.4. The number of hydrogen-bond acceptors (Lipinski definition) is 7. The van der Waals surface area contributed by atoms with Crippen LogP contribution in [0, 0.1) is 0 Å². The van der Waals surface area contributed by atoms with Crippen molar-refractivity contribution in [3.63, 3.8) is 0 Å². The van der Waals surface area contributed by atoms with Gasteiger partial charge in [-0.05, 0) is 18.2 Å². The van der Waals surface area contributed by atoms with Crippen molar-refractivity contribution >= 4 is 11.0 Å². The van der Waals surface area contributed by atoms with Gasteiger partial charge in [-0.3, -0.25) is 4.79 Å². The lowest BCUT2D eigenvalue weighted by Gasteiger charge is -2.16. The van der Waals surface area contributed by atoms with Gasteiger partial charge >= 0.3 is 0 Å². The molecule has 0 bridgehead atoms. The Hall–Kier alpha value is -3.35. The van der Waals surface area contributed by atoms with E-state index < -0.39 is 22.7 Å². The van der Waals surface area contributed by atoms with Crippen molar-refractivity contribution in [3.8, 4) is 40.1 Å². The van der Waals surface area contributed by atoms with Crippen molar-refractivity contribution in [1.82, 2.24) is 0 Å². The fraction of sp³-hybridized carbons (Fsp3) is 0.167. The average Bonchev–Trinajstić information content (AvgIpc) is 2.82. The average molecular weight is 342 g/mol. The lowest BCUT2D eigenvalue weighted by atomic mass is 10.1. The minimum absolute atomic E-state index is 0.0479. The summed E-state index contributed by atoms with van der Waals surface area (Å²) >= 11 is 0. The predicted octanol–water partition coefficient (Wildman–Crippen LogP) is 3.08. The number of rotatable bonds is 1. The molecule has 0 saturated carbocycles. The first-order valence-electron chi connectivity index (χ1n) is 7.49. The van der Waals surface area contributed by atoms with E-state index in [1.807, 2.05) is 0 Å². The number of aromatic hydroxyl groups is 3. The Morgan fingerprint density at radius 2 is 1.68 bits per heavy atom. The predicted molar refractivity (Wildman–Crippen MR) is 88.2 cm³/mol. The summed E-state index contributed by atoms with van der Waals surface area (Å²) in [5.41, 5.74) is -0.459. The van der Waals surface area contributed by atoms with E-state index in [2.05, 4.69) is 0 Å². The summed E-state index contributed by atoms with van der Waals surface area (Å²) in [7, 11) is 0. The van der Waals surface area contributed by atoms with Gasteiger partial charge in [0.15, 0.2) is 17.3 Å². The van der Waals surface area contributed by atoms with E-state index >= 15 is 0 Å². The van der Waals surface area contributed by atoms with E-state index in [0.29, 0.717) is 17.1 Å². The molecule has 0 amide bonds. The van der Waals surface area contributed by atoms with Crippen LogP contribution in [0.25, 0.3) is 22.3 Å². The van der Waals surface area contributed by atoms with Crippen LogP contribution < -0.4 is 14.9 Å². The van der Waals surface area contributed by atoms with Gasteiger partial charge in [-0.25, -0.2) is 0 Å². The zero-order chi connectivity index (χ0) is 17.9. The molecule has 3 aromatic rings. The molecule has 128 valence electrons. The molecule has 3 N–H and O–H groups in total. The van der Waals surface area contributed by atoms with Crippen molar-refractivity contribution in [2.45, 2.75) is 19.6 Å². The molecule has 0 atom stereocenters. The van der Waals surface area contributed by atoms with Crippen LogP contribution in [0.15, 0.2) is 39.5 Å². The molecule has 0 saturated heterocycles. The molecule has 0 fully saturated rings. The van der Waals surface area contributed by atoms with Crippen LogP contribution in [0.1, 0.15) is 13.8 Å². The SMILES string of the molecule is CC1(C)Oc2ccc(-c3oc4cc(O)cc(O)c4c(=O)c3O)cc2O1. The molecule has 25 heavy (non-hydrogen) atoms. The summed E-state index contributed by atoms with van der Waals surface area (Å²) in [6.07, 6.45) is 0. The van der Waals surface area contributed by atoms with Gasteiger partial charge in [-0.2, -0.15) is 0 Å². The van der Waals surface area contributed by atoms with Crippen LogP contribution in [-0.2, 0) is 0 Å². The molecule has 0 aliphatic carbocycles. The van der Waals surface area contributed by atoms with E-state index in [9.17, 15) is 20.1 Å². The Balaban J connectivity index is 1.94. The second-order valence-corrected chi connectivity index (χ2v) is 6.21. The molecule has 1 aliphatic heterocycles. The van der Waals surface area contributed by atoms with E-state index in [1.54, 1.807) is 32.0 Å². The molecule has 2 heterocycles. The molecule has 7 nitrogen and oxygen atoms in total. The Morgan fingerprint density at radius 3 is 2.44 bits per heavy atom. The van der Waals surface area contributed by atoms with Gasteiger partial charge in [0.25, 0.3) is 0 Å². The Morgan fingerprint density at radius 1 is 0.960 bits per heavy atom. The number of benzene rings is 2. The fourth-order valence-electron chi connectivity index (χ4n) is 2.83. The second-order valence-electron chi connectivity index (χ2n) is 6.21. The Kier molecular flexibility index (Phi) is 2.93. The topological polar surface area (TPSA) is 109 Å². The minimum atomic E-state index is -0.815. The largest absolute Gasteiger partial charge is 0.508 e. The van der Waals surface area contributed by atoms with Crippen LogP contribution in [0.3, 0.4) is 0 Å². The van der Waals surface area contributed by atoms with E-state index in [1.165, 1.54) is 6.07 Å². The quantitative estimate of drug-likeness (QED) is 0.623. The highest BCUT2D eigenvalue weighted by Crippen LogP contribution is 2.43. The fourth-order valence-corrected chi connectivity index (χ4v) is 2.83. The smallest absolute Gasteiger partial charge is 0.246 e. The summed E-state index contributed by atoms with van der Waals surface area (Å²) < 4.78 is 16.8. The third-order valence-corrected chi connectivity index (χ3v) is 3.85. The summed E-state index contributed by atoms with van der Waals surface area (Å²) in [6.45, 7) is 3.51. The van der Waals surface area contributed by atoms with E-state index in [0.717, 1.165) is 6.07 Å². The van der Waals surface area contributed by atoms with Gasteiger partial charge < -0.3 is 29.2 Å². The van der Waals surface area contributed by atoms with Gasteiger partial charge in [0.05, 0.1) is 0 Å². The number of hydrogen-bond donors (Lipinski definition) is 3. The van der Waals surface area contributed by atoms with Crippen LogP contribution in [0.4, 0.5) is 0 Å². The standard InChI is InChI=1S/C18H14O7/c1-18(2)24-11-4-3-8(5-12(11)25-18)17-16(22)15(21)14-10(20)6-9(19)7-13(14)23-17/h3-7,19-20,22H,1-2H3. The Bertz CT molecular complexity index is 1080. The van der Waals surface area contributed by atoms with Crippen molar-refractivity contribution in [2.24, 2.45) is 0 Å². The highest BCUT2D eigenvalue weighted by atomic mass is 16.7. The number of phenols is 2. The molecular weight excluding hydrogens is 328 g/mol. The monoisotopic (exact) mass is 342 g/mol. The third-order valence-electron chi connectivity index (χ3n) is 3.85. The number of ether oxygens (including phenoxy) is 2. The van der Waals surface area contributed by atoms with Gasteiger partial charge in [-0.1, -0.05) is 0 Å². The maximum atomic E-state index is 12.4. The number of fused-ring (bicyclic) bond motifs is 2. The molecule has 2 aromatic carbocycles. The molecule has 0 radical (unpaired) electrons. The molecule has 1 aromatic heterocycles. The molecule has 1 aliphatic rings. The maximum Gasteiger partial charge on any atom is 0.246 e. The minimum Gasteiger partial charge on any atom is -0.508 e. The van der Waals surface area contributed by atoms with Crippen LogP contribution in [0.2, 0.25) is 0 Å². The summed E-state index contributed by atoms with van der Waals surface area (Å²) in [6, 6.07) is 7.02. The molecule has 0 spiro atoms. The summed E-state index contributed by atoms with van der Waals surface area (Å²) in [5, 5.41) is 29.5. The van der Waals surface area contributed by atoms with E-state index in [4.69, 9.17) is 13.9 Å². The van der Waals surface area contributed by atoms with Crippen molar-refractivity contribution < 1.29 is 29.2 Å². The highest BCUT2D eigenvalue weighted by Gasteiger charge is 2.32. The molecular formula is C18H14O7. The molecule has 0 unspecified atom stereocenters. The van der Waals surface area contributed by atoms with Crippen LogP contribution in [-0.4, -0.2) is 21.1 Å². The Labute approximate surface area is 141 Å².